The summed E-state index contributed by atoms with van der Waals surface area (Å²) in [7, 11) is 1.32. The summed E-state index contributed by atoms with van der Waals surface area (Å²) in [5, 5.41) is 2.77. The molecule has 4 nitrogen and oxygen atoms in total. The molecule has 0 aromatic heterocycles. The van der Waals surface area contributed by atoms with Gasteiger partial charge in [-0.1, -0.05) is 26.0 Å². The zero-order valence-corrected chi connectivity index (χ0v) is 13.3. The van der Waals surface area contributed by atoms with Crippen LogP contribution in [-0.2, 0) is 14.3 Å². The van der Waals surface area contributed by atoms with Crippen molar-refractivity contribution < 1.29 is 14.3 Å². The average molecular weight is 281 g/mol. The van der Waals surface area contributed by atoms with Crippen LogP contribution in [0.1, 0.15) is 47.0 Å². The fourth-order valence-electron chi connectivity index (χ4n) is 3.01. The lowest BCUT2D eigenvalue weighted by Crippen LogP contribution is -2.46. The van der Waals surface area contributed by atoms with E-state index in [1.54, 1.807) is 6.92 Å². The average Bonchev–Trinajstić information content (AvgIpc) is 2.35. The summed E-state index contributed by atoms with van der Waals surface area (Å²) in [6, 6.07) is -0.608. The lowest BCUT2D eigenvalue weighted by atomic mass is 9.65. The van der Waals surface area contributed by atoms with Crippen LogP contribution in [0.2, 0.25) is 0 Å². The second-order valence-corrected chi connectivity index (χ2v) is 6.72. The molecule has 0 spiro atoms. The lowest BCUT2D eigenvalue weighted by Gasteiger charge is -2.40. The van der Waals surface area contributed by atoms with Crippen LogP contribution in [0.3, 0.4) is 0 Å². The first-order valence-electron chi connectivity index (χ1n) is 7.21. The Hall–Kier alpha value is -1.32. The Bertz CT molecular complexity index is 401. The van der Waals surface area contributed by atoms with E-state index < -0.39 is 12.0 Å². The minimum absolute atomic E-state index is 0.0660. The predicted molar refractivity (Wildman–Crippen MR) is 79.0 cm³/mol. The van der Waals surface area contributed by atoms with Crippen molar-refractivity contribution in [3.05, 3.63) is 12.2 Å². The number of methoxy groups -OCH3 is 1. The minimum atomic E-state index is -0.608. The van der Waals surface area contributed by atoms with Gasteiger partial charge in [0.05, 0.1) is 7.11 Å². The second-order valence-electron chi connectivity index (χ2n) is 6.72. The van der Waals surface area contributed by atoms with Gasteiger partial charge in [0.2, 0.25) is 5.91 Å². The quantitative estimate of drug-likeness (QED) is 0.636. The number of ether oxygens (including phenoxy) is 1. The van der Waals surface area contributed by atoms with Crippen LogP contribution in [0.5, 0.6) is 0 Å². The van der Waals surface area contributed by atoms with Crippen molar-refractivity contribution in [1.29, 1.82) is 0 Å². The van der Waals surface area contributed by atoms with Crippen LogP contribution in [0.25, 0.3) is 0 Å². The van der Waals surface area contributed by atoms with Gasteiger partial charge in [-0.05, 0) is 44.4 Å². The molecule has 1 N–H and O–H groups in total. The van der Waals surface area contributed by atoms with Crippen LogP contribution in [0.4, 0.5) is 0 Å². The summed E-state index contributed by atoms with van der Waals surface area (Å²) in [6.45, 7) is 12.0. The number of rotatable bonds is 4. The molecule has 0 aromatic carbocycles. The Morgan fingerprint density at radius 1 is 1.35 bits per heavy atom. The van der Waals surface area contributed by atoms with Gasteiger partial charge < -0.3 is 10.1 Å². The van der Waals surface area contributed by atoms with Gasteiger partial charge in [-0.25, -0.2) is 4.79 Å². The van der Waals surface area contributed by atoms with E-state index in [9.17, 15) is 9.59 Å². The molecule has 1 fully saturated rings. The summed E-state index contributed by atoms with van der Waals surface area (Å²) < 4.78 is 4.64. The molecule has 1 rings (SSSR count). The number of allylic oxidation sites excluding steroid dienone is 1. The Morgan fingerprint density at radius 2 is 1.95 bits per heavy atom. The molecule has 0 saturated heterocycles. The van der Waals surface area contributed by atoms with Crippen LogP contribution < -0.4 is 5.32 Å². The summed E-state index contributed by atoms with van der Waals surface area (Å²) in [5.41, 5.74) is 1.20. The summed E-state index contributed by atoms with van der Waals surface area (Å²) in [4.78, 5) is 23.9. The zero-order valence-electron chi connectivity index (χ0n) is 13.3. The molecule has 0 aliphatic heterocycles. The smallest absolute Gasteiger partial charge is 0.328 e. The molecule has 1 amide bonds. The van der Waals surface area contributed by atoms with Crippen molar-refractivity contribution in [1.82, 2.24) is 5.32 Å². The molecule has 3 atom stereocenters. The second kappa shape index (κ2) is 6.42. The van der Waals surface area contributed by atoms with Crippen molar-refractivity contribution in [3.63, 3.8) is 0 Å². The number of hydrogen-bond donors (Lipinski definition) is 1. The molecule has 4 heteroatoms. The Labute approximate surface area is 122 Å². The van der Waals surface area contributed by atoms with E-state index in [0.717, 1.165) is 24.8 Å². The van der Waals surface area contributed by atoms with Crippen molar-refractivity contribution in [2.24, 2.45) is 17.3 Å². The molecule has 1 saturated carbocycles. The van der Waals surface area contributed by atoms with Crippen LogP contribution in [-0.4, -0.2) is 25.0 Å². The third-order valence-corrected chi connectivity index (χ3v) is 4.27. The maximum atomic E-state index is 12.5. The molecule has 1 aliphatic carbocycles. The highest BCUT2D eigenvalue weighted by Gasteiger charge is 2.39. The lowest BCUT2D eigenvalue weighted by molar-refractivity contribution is -0.145. The van der Waals surface area contributed by atoms with Crippen molar-refractivity contribution >= 4 is 11.9 Å². The fourth-order valence-corrected chi connectivity index (χ4v) is 3.01. The largest absolute Gasteiger partial charge is 0.467 e. The summed E-state index contributed by atoms with van der Waals surface area (Å²) >= 11 is 0. The molecular weight excluding hydrogens is 254 g/mol. The summed E-state index contributed by atoms with van der Waals surface area (Å²) in [6.07, 6.45) is 2.90. The van der Waals surface area contributed by atoms with Gasteiger partial charge in [0.25, 0.3) is 0 Å². The molecule has 2 unspecified atom stereocenters. The summed E-state index contributed by atoms with van der Waals surface area (Å²) in [5.74, 6) is -0.389. The molecular formula is C16H27NO3. The monoisotopic (exact) mass is 281 g/mol. The van der Waals surface area contributed by atoms with Gasteiger partial charge >= 0.3 is 5.97 Å². The molecule has 0 bridgehead atoms. The van der Waals surface area contributed by atoms with Gasteiger partial charge in [0.1, 0.15) is 6.04 Å². The number of esters is 1. The Kier molecular flexibility index (Phi) is 5.37. The van der Waals surface area contributed by atoms with E-state index in [2.05, 4.69) is 30.5 Å². The number of carbonyl (C=O) groups excluding carboxylic acids is 2. The van der Waals surface area contributed by atoms with E-state index in [-0.39, 0.29) is 23.2 Å². The predicted octanol–water partition coefficient (Wildman–Crippen LogP) is 2.68. The minimum Gasteiger partial charge on any atom is -0.467 e. The third kappa shape index (κ3) is 4.09. The highest BCUT2D eigenvalue weighted by atomic mass is 16.5. The van der Waals surface area contributed by atoms with Gasteiger partial charge in [-0.2, -0.15) is 0 Å². The van der Waals surface area contributed by atoms with E-state index >= 15 is 0 Å². The fraction of sp³-hybridized carbons (Fsp3) is 0.750. The first kappa shape index (κ1) is 16.7. The molecule has 114 valence electrons. The van der Waals surface area contributed by atoms with Crippen molar-refractivity contribution in [2.45, 2.75) is 53.0 Å². The first-order valence-corrected chi connectivity index (χ1v) is 7.21. The maximum absolute atomic E-state index is 12.5. The van der Waals surface area contributed by atoms with Gasteiger partial charge in [0.15, 0.2) is 0 Å². The zero-order chi connectivity index (χ0) is 15.5. The normalized spacial score (nSPS) is 26.4. The highest BCUT2D eigenvalue weighted by molar-refractivity contribution is 5.85. The van der Waals surface area contributed by atoms with Crippen molar-refractivity contribution in [3.8, 4) is 0 Å². The first-order chi connectivity index (χ1) is 9.18. The topological polar surface area (TPSA) is 55.4 Å². The Morgan fingerprint density at radius 3 is 2.45 bits per heavy atom. The van der Waals surface area contributed by atoms with E-state index in [0.29, 0.717) is 0 Å². The third-order valence-electron chi connectivity index (χ3n) is 4.27. The van der Waals surface area contributed by atoms with Crippen molar-refractivity contribution in [2.75, 3.05) is 7.11 Å². The van der Waals surface area contributed by atoms with E-state index in [1.807, 2.05) is 6.92 Å². The molecule has 0 radical (unpaired) electrons. The van der Waals surface area contributed by atoms with E-state index in [1.165, 1.54) is 7.11 Å². The van der Waals surface area contributed by atoms with Crippen LogP contribution in [0.15, 0.2) is 12.2 Å². The van der Waals surface area contributed by atoms with Crippen LogP contribution in [0, 0.1) is 17.3 Å². The van der Waals surface area contributed by atoms with Gasteiger partial charge in [-0.3, -0.25) is 4.79 Å². The maximum Gasteiger partial charge on any atom is 0.328 e. The van der Waals surface area contributed by atoms with Crippen LogP contribution >= 0.6 is 0 Å². The van der Waals surface area contributed by atoms with E-state index in [4.69, 9.17) is 0 Å². The van der Waals surface area contributed by atoms with Gasteiger partial charge in [0, 0.05) is 5.92 Å². The molecule has 1 aliphatic rings. The number of carbonyl (C=O) groups is 2. The Balaban J connectivity index is 2.80. The highest BCUT2D eigenvalue weighted by Crippen LogP contribution is 2.44. The SMILES string of the molecule is C=C(C)C1CCC(C)(C)CC1C(=O)N[C@H](C)C(=O)OC. The van der Waals surface area contributed by atoms with Gasteiger partial charge in [-0.15, -0.1) is 0 Å². The number of hydrogen-bond acceptors (Lipinski definition) is 3. The molecule has 0 aromatic rings. The molecule has 0 heterocycles. The number of amides is 1. The number of nitrogens with one attached hydrogen (secondary N) is 1. The standard InChI is InChI=1S/C16H27NO3/c1-10(2)12-7-8-16(4,5)9-13(12)14(18)17-11(3)15(19)20-6/h11-13H,1,7-9H2,2-6H3,(H,17,18)/t11-,12?,13?/m1/s1. The molecule has 20 heavy (non-hydrogen) atoms.